The minimum atomic E-state index is -4.32. The van der Waals surface area contributed by atoms with Gasteiger partial charge >= 0.3 is 0 Å². The van der Waals surface area contributed by atoms with Gasteiger partial charge in [0.1, 0.15) is 5.75 Å². The molecule has 4 nitrogen and oxygen atoms in total. The van der Waals surface area contributed by atoms with Crippen LogP contribution in [0.1, 0.15) is 20.8 Å². The van der Waals surface area contributed by atoms with Crippen LogP contribution in [-0.2, 0) is 10.1 Å². The van der Waals surface area contributed by atoms with Gasteiger partial charge in [-0.1, -0.05) is 38.7 Å². The van der Waals surface area contributed by atoms with Gasteiger partial charge in [0.2, 0.25) is 0 Å². The lowest BCUT2D eigenvalue weighted by Crippen LogP contribution is -2.25. The summed E-state index contributed by atoms with van der Waals surface area (Å²) in [5, 5.41) is 10.6. The minimum absolute atomic E-state index is 0.203. The van der Waals surface area contributed by atoms with E-state index >= 15 is 0 Å². The minimum Gasteiger partial charge on any atom is -0.507 e. The van der Waals surface area contributed by atoms with E-state index in [0.29, 0.717) is 10.4 Å². The van der Waals surface area contributed by atoms with E-state index in [1.807, 2.05) is 13.8 Å². The maximum atomic E-state index is 10.9. The molecule has 18 heavy (non-hydrogen) atoms. The van der Waals surface area contributed by atoms with Gasteiger partial charge in [0.25, 0.3) is 10.1 Å². The fraction of sp³-hybridized carbons (Fsp3) is 0.231. The first-order valence-electron chi connectivity index (χ1n) is 5.49. The SMILES string of the molecule is C=C/C=c1/cc(S(=O)(=O)O)cc(O)/c1=C/C.CC. The van der Waals surface area contributed by atoms with Crippen molar-refractivity contribution in [1.82, 2.24) is 0 Å². The Labute approximate surface area is 107 Å². The van der Waals surface area contributed by atoms with Crippen LogP contribution in [0.3, 0.4) is 0 Å². The van der Waals surface area contributed by atoms with Crippen LogP contribution in [0.15, 0.2) is 29.7 Å². The molecule has 1 aromatic rings. The molecule has 5 heteroatoms. The van der Waals surface area contributed by atoms with Crippen molar-refractivity contribution in [2.24, 2.45) is 0 Å². The first-order valence-corrected chi connectivity index (χ1v) is 6.93. The molecule has 0 saturated heterocycles. The van der Waals surface area contributed by atoms with Gasteiger partial charge in [-0.25, -0.2) is 0 Å². The Kier molecular flexibility index (Phi) is 6.36. The van der Waals surface area contributed by atoms with E-state index in [4.69, 9.17) is 4.55 Å². The highest BCUT2D eigenvalue weighted by Crippen LogP contribution is 2.09. The van der Waals surface area contributed by atoms with Crippen molar-refractivity contribution in [1.29, 1.82) is 0 Å². The maximum absolute atomic E-state index is 10.9. The van der Waals surface area contributed by atoms with Gasteiger partial charge in [-0.2, -0.15) is 8.42 Å². The van der Waals surface area contributed by atoms with Crippen LogP contribution in [0.2, 0.25) is 0 Å². The molecule has 2 N–H and O–H groups in total. The van der Waals surface area contributed by atoms with Crippen molar-refractivity contribution in [2.75, 3.05) is 0 Å². The first-order chi connectivity index (χ1) is 8.40. The number of rotatable bonds is 2. The lowest BCUT2D eigenvalue weighted by atomic mass is 10.2. The van der Waals surface area contributed by atoms with Crippen molar-refractivity contribution in [3.05, 3.63) is 35.2 Å². The second-order valence-corrected chi connectivity index (χ2v) is 4.53. The molecule has 0 amide bonds. The van der Waals surface area contributed by atoms with E-state index in [2.05, 4.69) is 6.58 Å². The Morgan fingerprint density at radius 2 is 1.83 bits per heavy atom. The Bertz CT molecular complexity index is 628. The number of benzene rings is 1. The fourth-order valence-corrected chi connectivity index (χ4v) is 1.90. The molecule has 0 aliphatic heterocycles. The number of hydrogen-bond donors (Lipinski definition) is 2. The summed E-state index contributed by atoms with van der Waals surface area (Å²) in [4.78, 5) is -0.344. The predicted molar refractivity (Wildman–Crippen MR) is 73.3 cm³/mol. The maximum Gasteiger partial charge on any atom is 0.294 e. The highest BCUT2D eigenvalue weighted by Gasteiger charge is 2.11. The zero-order valence-corrected chi connectivity index (χ0v) is 11.5. The number of aromatic hydroxyl groups is 1. The number of phenolic OH excluding ortho intramolecular Hbond substituents is 1. The van der Waals surface area contributed by atoms with Crippen molar-refractivity contribution in [3.8, 4) is 5.75 Å². The van der Waals surface area contributed by atoms with Crippen molar-refractivity contribution in [2.45, 2.75) is 25.7 Å². The molecule has 1 rings (SSSR count). The molecule has 0 bridgehead atoms. The van der Waals surface area contributed by atoms with Crippen LogP contribution in [-0.4, -0.2) is 18.1 Å². The van der Waals surface area contributed by atoms with Crippen molar-refractivity contribution in [3.63, 3.8) is 0 Å². The van der Waals surface area contributed by atoms with Crippen LogP contribution in [0, 0.1) is 0 Å². The van der Waals surface area contributed by atoms with E-state index in [9.17, 15) is 13.5 Å². The normalized spacial score (nSPS) is 12.9. The van der Waals surface area contributed by atoms with Crippen LogP contribution >= 0.6 is 0 Å². The van der Waals surface area contributed by atoms with Crippen LogP contribution in [0.4, 0.5) is 0 Å². The van der Waals surface area contributed by atoms with E-state index in [1.54, 1.807) is 19.1 Å². The third-order valence-electron chi connectivity index (χ3n) is 2.05. The summed E-state index contributed by atoms with van der Waals surface area (Å²) < 4.78 is 30.8. The van der Waals surface area contributed by atoms with Crippen molar-refractivity contribution < 1.29 is 18.1 Å². The van der Waals surface area contributed by atoms with Gasteiger partial charge in [0.05, 0.1) is 4.90 Å². The summed E-state index contributed by atoms with van der Waals surface area (Å²) in [5.41, 5.74) is 0. The zero-order chi connectivity index (χ0) is 14.3. The molecular weight excluding hydrogens is 252 g/mol. The molecule has 0 fully saturated rings. The summed E-state index contributed by atoms with van der Waals surface area (Å²) in [5.74, 6) is -0.203. The van der Waals surface area contributed by atoms with E-state index in [0.717, 1.165) is 6.07 Å². The highest BCUT2D eigenvalue weighted by atomic mass is 32.2. The van der Waals surface area contributed by atoms with Crippen molar-refractivity contribution >= 4 is 22.3 Å². The Balaban J connectivity index is 0.00000137. The summed E-state index contributed by atoms with van der Waals surface area (Å²) in [6.45, 7) is 9.20. The third kappa shape index (κ3) is 4.01. The average molecular weight is 270 g/mol. The quantitative estimate of drug-likeness (QED) is 0.797. The summed E-state index contributed by atoms with van der Waals surface area (Å²) >= 11 is 0. The number of allylic oxidation sites excluding steroid dienone is 1. The van der Waals surface area contributed by atoms with E-state index in [-0.39, 0.29) is 10.6 Å². The van der Waals surface area contributed by atoms with Gasteiger partial charge in [0.15, 0.2) is 0 Å². The molecule has 0 aliphatic carbocycles. The lowest BCUT2D eigenvalue weighted by molar-refractivity contribution is 0.462. The monoisotopic (exact) mass is 270 g/mol. The lowest BCUT2D eigenvalue weighted by Gasteiger charge is -2.00. The van der Waals surface area contributed by atoms with Gasteiger partial charge in [0, 0.05) is 11.3 Å². The molecule has 0 heterocycles. The molecule has 0 aromatic heterocycles. The van der Waals surface area contributed by atoms with Gasteiger partial charge in [-0.05, 0) is 18.2 Å². The number of hydrogen-bond acceptors (Lipinski definition) is 3. The Hall–Kier alpha value is -1.59. The average Bonchev–Trinajstić information content (AvgIpc) is 2.30. The van der Waals surface area contributed by atoms with E-state index < -0.39 is 10.1 Å². The molecule has 0 aliphatic rings. The van der Waals surface area contributed by atoms with Gasteiger partial charge < -0.3 is 5.11 Å². The van der Waals surface area contributed by atoms with Gasteiger partial charge in [-0.3, -0.25) is 4.55 Å². The molecule has 0 radical (unpaired) electrons. The third-order valence-corrected chi connectivity index (χ3v) is 2.88. The van der Waals surface area contributed by atoms with Gasteiger partial charge in [-0.15, -0.1) is 0 Å². The summed E-state index contributed by atoms with van der Waals surface area (Å²) in [6, 6.07) is 2.27. The smallest absolute Gasteiger partial charge is 0.294 e. The molecule has 0 saturated carbocycles. The second-order valence-electron chi connectivity index (χ2n) is 3.11. The molecule has 0 atom stereocenters. The molecular formula is C13H18O4S. The summed E-state index contributed by atoms with van der Waals surface area (Å²) in [7, 11) is -4.32. The Morgan fingerprint density at radius 1 is 1.28 bits per heavy atom. The largest absolute Gasteiger partial charge is 0.507 e. The topological polar surface area (TPSA) is 74.6 Å². The molecule has 0 unspecified atom stereocenters. The fourth-order valence-electron chi connectivity index (χ4n) is 1.36. The highest BCUT2D eigenvalue weighted by molar-refractivity contribution is 7.85. The standard InChI is InChI=1S/C11H12O4S.C2H6/c1-3-5-8-6-9(16(13,14)15)7-11(12)10(8)4-2;1-2/h3-7,12H,1H2,2H3,(H,13,14,15);1-2H3/b8-5-,10-4+;. The zero-order valence-electron chi connectivity index (χ0n) is 10.7. The first kappa shape index (κ1) is 16.4. The van der Waals surface area contributed by atoms with Crippen LogP contribution < -0.4 is 10.4 Å². The van der Waals surface area contributed by atoms with E-state index in [1.165, 1.54) is 12.1 Å². The second kappa shape index (κ2) is 6.98. The predicted octanol–water partition coefficient (Wildman–Crippen LogP) is 1.43. The Morgan fingerprint density at radius 3 is 2.22 bits per heavy atom. The summed E-state index contributed by atoms with van der Waals surface area (Å²) in [6.07, 6.45) is 4.65. The molecule has 0 spiro atoms. The molecule has 1 aromatic carbocycles. The number of phenols is 1. The van der Waals surface area contributed by atoms with Crippen LogP contribution in [0.5, 0.6) is 5.75 Å². The van der Waals surface area contributed by atoms with Crippen LogP contribution in [0.25, 0.3) is 12.2 Å². The molecule has 100 valence electrons.